The average molecular weight is 263 g/mol. The first kappa shape index (κ1) is 14.2. The van der Waals surface area contributed by atoms with E-state index in [1.54, 1.807) is 7.11 Å². The number of benzene rings is 1. The number of hydrogen-bond donors (Lipinski definition) is 1. The summed E-state index contributed by atoms with van der Waals surface area (Å²) < 4.78 is 5.51. The van der Waals surface area contributed by atoms with Crippen LogP contribution in [0.25, 0.3) is 0 Å². The maximum absolute atomic E-state index is 9.61. The van der Waals surface area contributed by atoms with Gasteiger partial charge in [-0.3, -0.25) is 0 Å². The van der Waals surface area contributed by atoms with Crippen molar-refractivity contribution in [3.05, 3.63) is 23.8 Å². The van der Waals surface area contributed by atoms with Gasteiger partial charge in [0.2, 0.25) is 0 Å². The number of nitrogens with zero attached hydrogens (tertiary/aromatic N) is 1. The second-order valence-electron chi connectivity index (χ2n) is 6.00. The van der Waals surface area contributed by atoms with Crippen molar-refractivity contribution in [2.75, 3.05) is 25.2 Å². The number of anilines is 1. The molecule has 1 N–H and O–H groups in total. The number of hydrogen-bond acceptors (Lipinski definition) is 3. The zero-order valence-electron chi connectivity index (χ0n) is 12.4. The topological polar surface area (TPSA) is 32.7 Å². The Labute approximate surface area is 116 Å². The van der Waals surface area contributed by atoms with Crippen molar-refractivity contribution in [1.82, 2.24) is 0 Å². The Morgan fingerprint density at radius 3 is 2.79 bits per heavy atom. The van der Waals surface area contributed by atoms with Gasteiger partial charge in [0.05, 0.1) is 12.8 Å². The summed E-state index contributed by atoms with van der Waals surface area (Å²) in [5, 5.41) is 9.61. The standard InChI is InChI=1S/C16H25NO2/c1-12-7-8-15(19-4)14(10-12)17-9-5-6-13(11-18)16(17,2)3/h7-8,10,13,18H,5-6,9,11H2,1-4H3. The lowest BCUT2D eigenvalue weighted by molar-refractivity contribution is 0.135. The molecule has 1 aromatic carbocycles. The third-order valence-corrected chi connectivity index (χ3v) is 4.47. The van der Waals surface area contributed by atoms with Crippen LogP contribution in [0.1, 0.15) is 32.3 Å². The number of rotatable bonds is 3. The van der Waals surface area contributed by atoms with Gasteiger partial charge in [-0.1, -0.05) is 6.07 Å². The van der Waals surface area contributed by atoms with Crippen molar-refractivity contribution in [3.8, 4) is 5.75 Å². The second kappa shape index (κ2) is 5.41. The first-order chi connectivity index (χ1) is 9.00. The first-order valence-electron chi connectivity index (χ1n) is 7.04. The van der Waals surface area contributed by atoms with Gasteiger partial charge in [-0.15, -0.1) is 0 Å². The molecule has 1 heterocycles. The van der Waals surface area contributed by atoms with Gasteiger partial charge >= 0.3 is 0 Å². The molecular formula is C16H25NO2. The van der Waals surface area contributed by atoms with Crippen LogP contribution in [-0.4, -0.2) is 30.9 Å². The van der Waals surface area contributed by atoms with E-state index in [2.05, 4.69) is 37.8 Å². The fraction of sp³-hybridized carbons (Fsp3) is 0.625. The fourth-order valence-corrected chi connectivity index (χ4v) is 3.11. The molecule has 0 aromatic heterocycles. The molecule has 3 heteroatoms. The van der Waals surface area contributed by atoms with Gasteiger partial charge in [-0.2, -0.15) is 0 Å². The van der Waals surface area contributed by atoms with Crippen LogP contribution in [0.15, 0.2) is 18.2 Å². The number of aliphatic hydroxyl groups is 1. The maximum Gasteiger partial charge on any atom is 0.142 e. The number of aliphatic hydroxyl groups excluding tert-OH is 1. The molecule has 0 aliphatic carbocycles. The highest BCUT2D eigenvalue weighted by molar-refractivity contribution is 5.62. The van der Waals surface area contributed by atoms with E-state index in [4.69, 9.17) is 4.74 Å². The highest BCUT2D eigenvalue weighted by atomic mass is 16.5. The normalized spacial score (nSPS) is 22.4. The summed E-state index contributed by atoms with van der Waals surface area (Å²) in [6, 6.07) is 6.28. The van der Waals surface area contributed by atoms with E-state index >= 15 is 0 Å². The lowest BCUT2D eigenvalue weighted by atomic mass is 9.79. The Morgan fingerprint density at radius 1 is 1.42 bits per heavy atom. The van der Waals surface area contributed by atoms with Gasteiger partial charge in [0.1, 0.15) is 5.75 Å². The van der Waals surface area contributed by atoms with Crippen molar-refractivity contribution in [1.29, 1.82) is 0 Å². The van der Waals surface area contributed by atoms with E-state index in [9.17, 15) is 5.11 Å². The molecule has 1 atom stereocenters. The average Bonchev–Trinajstić information content (AvgIpc) is 2.38. The SMILES string of the molecule is COc1ccc(C)cc1N1CCCC(CO)C1(C)C. The molecule has 0 radical (unpaired) electrons. The molecular weight excluding hydrogens is 238 g/mol. The molecule has 0 saturated carbocycles. The van der Waals surface area contributed by atoms with E-state index in [0.29, 0.717) is 5.92 Å². The zero-order chi connectivity index (χ0) is 14.0. The zero-order valence-corrected chi connectivity index (χ0v) is 12.4. The minimum Gasteiger partial charge on any atom is -0.495 e. The van der Waals surface area contributed by atoms with Crippen LogP contribution < -0.4 is 9.64 Å². The number of piperidine rings is 1. The summed E-state index contributed by atoms with van der Waals surface area (Å²) in [6.45, 7) is 7.80. The highest BCUT2D eigenvalue weighted by Gasteiger charge is 2.39. The smallest absolute Gasteiger partial charge is 0.142 e. The highest BCUT2D eigenvalue weighted by Crippen LogP contribution is 2.40. The summed E-state index contributed by atoms with van der Waals surface area (Å²) in [4.78, 5) is 2.39. The van der Waals surface area contributed by atoms with E-state index in [1.807, 2.05) is 6.07 Å². The predicted octanol–water partition coefficient (Wildman–Crippen LogP) is 2.99. The van der Waals surface area contributed by atoms with E-state index in [-0.39, 0.29) is 12.1 Å². The van der Waals surface area contributed by atoms with Crippen LogP contribution in [0, 0.1) is 12.8 Å². The third kappa shape index (κ3) is 2.57. The quantitative estimate of drug-likeness (QED) is 0.910. The predicted molar refractivity (Wildman–Crippen MR) is 79.0 cm³/mol. The lowest BCUT2D eigenvalue weighted by Crippen LogP contribution is -2.54. The third-order valence-electron chi connectivity index (χ3n) is 4.47. The molecule has 1 aliphatic rings. The molecule has 2 rings (SSSR count). The summed E-state index contributed by atoms with van der Waals surface area (Å²) >= 11 is 0. The molecule has 106 valence electrons. The number of methoxy groups -OCH3 is 1. The molecule has 0 spiro atoms. The Bertz CT molecular complexity index is 442. The van der Waals surface area contributed by atoms with Crippen LogP contribution in [0.4, 0.5) is 5.69 Å². The molecule has 0 amide bonds. The van der Waals surface area contributed by atoms with Gasteiger partial charge in [0.15, 0.2) is 0 Å². The summed E-state index contributed by atoms with van der Waals surface area (Å²) in [7, 11) is 1.72. The van der Waals surface area contributed by atoms with Crippen LogP contribution >= 0.6 is 0 Å². The van der Waals surface area contributed by atoms with Crippen LogP contribution in [-0.2, 0) is 0 Å². The van der Waals surface area contributed by atoms with Crippen molar-refractivity contribution in [2.24, 2.45) is 5.92 Å². The Balaban J connectivity index is 2.42. The number of aryl methyl sites for hydroxylation is 1. The van der Waals surface area contributed by atoms with Gasteiger partial charge in [0, 0.05) is 24.6 Å². The van der Waals surface area contributed by atoms with E-state index in [0.717, 1.165) is 30.8 Å². The van der Waals surface area contributed by atoms with Gasteiger partial charge in [0.25, 0.3) is 0 Å². The van der Waals surface area contributed by atoms with Crippen LogP contribution in [0.2, 0.25) is 0 Å². The van der Waals surface area contributed by atoms with Gasteiger partial charge in [-0.05, 0) is 51.3 Å². The monoisotopic (exact) mass is 263 g/mol. The summed E-state index contributed by atoms with van der Waals surface area (Å²) in [6.07, 6.45) is 2.21. The first-order valence-corrected chi connectivity index (χ1v) is 7.04. The number of ether oxygens (including phenoxy) is 1. The van der Waals surface area contributed by atoms with Crippen molar-refractivity contribution >= 4 is 5.69 Å². The maximum atomic E-state index is 9.61. The molecule has 3 nitrogen and oxygen atoms in total. The molecule has 1 unspecified atom stereocenters. The van der Waals surface area contributed by atoms with Crippen LogP contribution in [0.3, 0.4) is 0 Å². The van der Waals surface area contributed by atoms with Crippen molar-refractivity contribution in [3.63, 3.8) is 0 Å². The second-order valence-corrected chi connectivity index (χ2v) is 6.00. The summed E-state index contributed by atoms with van der Waals surface area (Å²) in [5.74, 6) is 1.23. The molecule has 1 fully saturated rings. The Hall–Kier alpha value is -1.22. The van der Waals surface area contributed by atoms with Crippen LogP contribution in [0.5, 0.6) is 5.75 Å². The largest absolute Gasteiger partial charge is 0.495 e. The summed E-state index contributed by atoms with van der Waals surface area (Å²) in [5.41, 5.74) is 2.33. The van der Waals surface area contributed by atoms with E-state index in [1.165, 1.54) is 5.56 Å². The Kier molecular flexibility index (Phi) is 4.04. The van der Waals surface area contributed by atoms with Gasteiger partial charge < -0.3 is 14.7 Å². The minimum atomic E-state index is -0.0475. The fourth-order valence-electron chi connectivity index (χ4n) is 3.11. The molecule has 1 saturated heterocycles. The molecule has 1 aromatic rings. The molecule has 1 aliphatic heterocycles. The van der Waals surface area contributed by atoms with E-state index < -0.39 is 0 Å². The van der Waals surface area contributed by atoms with Gasteiger partial charge in [-0.25, -0.2) is 0 Å². The molecule has 0 bridgehead atoms. The Morgan fingerprint density at radius 2 is 2.16 bits per heavy atom. The van der Waals surface area contributed by atoms with Crippen molar-refractivity contribution in [2.45, 2.75) is 39.2 Å². The van der Waals surface area contributed by atoms with Crippen molar-refractivity contribution < 1.29 is 9.84 Å². The minimum absolute atomic E-state index is 0.0475. The molecule has 19 heavy (non-hydrogen) atoms. The lowest BCUT2D eigenvalue weighted by Gasteiger charge is -2.49.